The smallest absolute Gasteiger partial charge is 0.303 e. The number of alkyl halides is 2. The van der Waals surface area contributed by atoms with Crippen LogP contribution in [0.3, 0.4) is 0 Å². The Bertz CT molecular complexity index is 497. The number of thioether (sulfide) groups is 1. The number of benzene rings is 1. The molecule has 0 aliphatic rings. The van der Waals surface area contributed by atoms with Gasteiger partial charge in [0.1, 0.15) is 0 Å². The number of aliphatic carboxylic acids is 1. The van der Waals surface area contributed by atoms with E-state index in [4.69, 9.17) is 5.11 Å². The number of rotatable bonds is 8. The minimum absolute atomic E-state index is 0.0397. The molecule has 21 heavy (non-hydrogen) atoms. The Morgan fingerprint density at radius 2 is 2.00 bits per heavy atom. The number of amides is 1. The molecule has 1 rings (SSSR count). The highest BCUT2D eigenvalue weighted by Gasteiger charge is 2.16. The van der Waals surface area contributed by atoms with Gasteiger partial charge in [-0.3, -0.25) is 9.59 Å². The minimum atomic E-state index is -2.59. The molecule has 1 aromatic carbocycles. The molecule has 4 nitrogen and oxygen atoms in total. The summed E-state index contributed by atoms with van der Waals surface area (Å²) in [5, 5.41) is 11.2. The largest absolute Gasteiger partial charge is 0.481 e. The first-order chi connectivity index (χ1) is 9.90. The van der Waals surface area contributed by atoms with Crippen LogP contribution in [0.15, 0.2) is 29.2 Å². The zero-order chi connectivity index (χ0) is 15.8. The van der Waals surface area contributed by atoms with Crippen molar-refractivity contribution >= 4 is 23.6 Å². The number of nitrogens with one attached hydrogen (secondary N) is 1. The van der Waals surface area contributed by atoms with E-state index >= 15 is 0 Å². The predicted molar refractivity (Wildman–Crippen MR) is 76.7 cm³/mol. The summed E-state index contributed by atoms with van der Waals surface area (Å²) < 4.78 is 24.9. The molecule has 0 fully saturated rings. The molecule has 2 N–H and O–H groups in total. The lowest BCUT2D eigenvalue weighted by Crippen LogP contribution is -2.32. The van der Waals surface area contributed by atoms with Gasteiger partial charge in [0.2, 0.25) is 0 Å². The highest BCUT2D eigenvalue weighted by molar-refractivity contribution is 7.99. The average molecular weight is 317 g/mol. The third-order valence-electron chi connectivity index (χ3n) is 2.75. The van der Waals surface area contributed by atoms with Gasteiger partial charge in [-0.15, -0.1) is 0 Å². The molecule has 1 amide bonds. The monoisotopic (exact) mass is 317 g/mol. The lowest BCUT2D eigenvalue weighted by atomic mass is 10.1. The van der Waals surface area contributed by atoms with Gasteiger partial charge in [0, 0.05) is 17.4 Å². The van der Waals surface area contributed by atoms with E-state index in [2.05, 4.69) is 5.32 Å². The van der Waals surface area contributed by atoms with Crippen LogP contribution in [0.5, 0.6) is 0 Å². The lowest BCUT2D eigenvalue weighted by molar-refractivity contribution is -0.137. The summed E-state index contributed by atoms with van der Waals surface area (Å²) in [5.41, 5.74) is 0.202. The Balaban J connectivity index is 2.60. The molecule has 1 aromatic rings. The van der Waals surface area contributed by atoms with E-state index < -0.39 is 17.6 Å². The summed E-state index contributed by atoms with van der Waals surface area (Å²) in [6, 6.07) is 5.95. The maximum Gasteiger partial charge on any atom is 0.303 e. The van der Waals surface area contributed by atoms with Gasteiger partial charge >= 0.3 is 5.97 Å². The van der Waals surface area contributed by atoms with Crippen LogP contribution in [0, 0.1) is 0 Å². The quantitative estimate of drug-likeness (QED) is 0.721. The van der Waals surface area contributed by atoms with Gasteiger partial charge in [0.25, 0.3) is 11.7 Å². The van der Waals surface area contributed by atoms with Crippen molar-refractivity contribution in [2.45, 2.75) is 42.9 Å². The van der Waals surface area contributed by atoms with Crippen molar-refractivity contribution in [1.29, 1.82) is 0 Å². The molecule has 1 atom stereocenters. The van der Waals surface area contributed by atoms with Crippen LogP contribution in [0.25, 0.3) is 0 Å². The second-order valence-electron chi connectivity index (χ2n) is 4.54. The number of carbonyl (C=O) groups excluding carboxylic acids is 1. The number of carboxylic acid groups (broad SMARTS) is 1. The van der Waals surface area contributed by atoms with Crippen LogP contribution in [-0.2, 0) is 4.79 Å². The zero-order valence-electron chi connectivity index (χ0n) is 11.5. The van der Waals surface area contributed by atoms with Crippen LogP contribution in [0.4, 0.5) is 8.78 Å². The number of hydrogen-bond acceptors (Lipinski definition) is 3. The summed E-state index contributed by atoms with van der Waals surface area (Å²) in [6.07, 6.45) is 1.00. The van der Waals surface area contributed by atoms with Gasteiger partial charge in [-0.1, -0.05) is 23.9 Å². The van der Waals surface area contributed by atoms with Crippen LogP contribution in [-0.4, -0.2) is 28.8 Å². The molecule has 116 valence electrons. The first-order valence-electron chi connectivity index (χ1n) is 6.46. The highest BCUT2D eigenvalue weighted by Crippen LogP contribution is 2.28. The normalized spacial score (nSPS) is 12.2. The second kappa shape index (κ2) is 8.61. The highest BCUT2D eigenvalue weighted by atomic mass is 32.2. The minimum Gasteiger partial charge on any atom is -0.481 e. The van der Waals surface area contributed by atoms with E-state index in [1.54, 1.807) is 19.1 Å². The zero-order valence-corrected chi connectivity index (χ0v) is 12.3. The van der Waals surface area contributed by atoms with Crippen LogP contribution in [0.1, 0.15) is 36.5 Å². The number of halogens is 2. The molecular formula is C14H17F2NO3S. The molecular weight excluding hydrogens is 300 g/mol. The molecule has 0 radical (unpaired) electrons. The van der Waals surface area contributed by atoms with Crippen LogP contribution in [0.2, 0.25) is 0 Å². The molecule has 0 saturated heterocycles. The van der Waals surface area contributed by atoms with Crippen molar-refractivity contribution in [3.8, 4) is 0 Å². The van der Waals surface area contributed by atoms with E-state index in [-0.39, 0.29) is 22.9 Å². The number of hydrogen-bond donors (Lipinski definition) is 2. The molecule has 0 aliphatic heterocycles. The fourth-order valence-electron chi connectivity index (χ4n) is 1.79. The molecule has 7 heteroatoms. The van der Waals surface area contributed by atoms with Crippen molar-refractivity contribution < 1.29 is 23.5 Å². The van der Waals surface area contributed by atoms with Crippen LogP contribution < -0.4 is 5.32 Å². The molecule has 0 heterocycles. The van der Waals surface area contributed by atoms with E-state index in [0.29, 0.717) is 24.6 Å². The van der Waals surface area contributed by atoms with E-state index in [9.17, 15) is 18.4 Å². The van der Waals surface area contributed by atoms with Crippen molar-refractivity contribution in [2.24, 2.45) is 0 Å². The van der Waals surface area contributed by atoms with E-state index in [0.717, 1.165) is 0 Å². The molecule has 0 aliphatic carbocycles. The first kappa shape index (κ1) is 17.4. The lowest BCUT2D eigenvalue weighted by Gasteiger charge is -2.15. The van der Waals surface area contributed by atoms with Gasteiger partial charge < -0.3 is 10.4 Å². The summed E-state index contributed by atoms with van der Waals surface area (Å²) in [5.74, 6) is -3.90. The fourth-order valence-corrected chi connectivity index (χ4v) is 2.42. The van der Waals surface area contributed by atoms with Gasteiger partial charge in [0.05, 0.1) is 5.56 Å². The van der Waals surface area contributed by atoms with Crippen LogP contribution >= 0.6 is 11.8 Å². The third-order valence-corrected chi connectivity index (χ3v) is 3.54. The van der Waals surface area contributed by atoms with E-state index in [1.165, 1.54) is 12.1 Å². The Kier molecular flexibility index (Phi) is 7.14. The van der Waals surface area contributed by atoms with Crippen molar-refractivity contribution in [3.63, 3.8) is 0 Å². The maximum absolute atomic E-state index is 12.4. The molecule has 0 spiro atoms. The number of carboxylic acids is 1. The Labute approximate surface area is 125 Å². The van der Waals surface area contributed by atoms with Crippen molar-refractivity contribution in [2.75, 3.05) is 0 Å². The molecule has 0 aromatic heterocycles. The summed E-state index contributed by atoms with van der Waals surface area (Å²) in [7, 11) is 0. The standard InChI is InChI=1S/C14H17F2NO3S/c1-9(5-4-8-12(18)19)17-13(20)10-6-2-3-7-11(10)21-14(15)16/h2-3,6-7,9,14H,4-5,8H2,1H3,(H,17,20)(H,18,19). The first-order valence-corrected chi connectivity index (χ1v) is 7.34. The van der Waals surface area contributed by atoms with Crippen molar-refractivity contribution in [3.05, 3.63) is 29.8 Å². The topological polar surface area (TPSA) is 66.4 Å². The Hall–Kier alpha value is -1.63. The fraction of sp³-hybridized carbons (Fsp3) is 0.429. The average Bonchev–Trinajstić information content (AvgIpc) is 2.37. The molecule has 0 saturated carbocycles. The van der Waals surface area contributed by atoms with Gasteiger partial charge in [-0.05, 0) is 31.9 Å². The predicted octanol–water partition coefficient (Wildman–Crippen LogP) is 3.37. The van der Waals surface area contributed by atoms with Gasteiger partial charge in [0.15, 0.2) is 0 Å². The Morgan fingerprint density at radius 1 is 1.33 bits per heavy atom. The van der Waals surface area contributed by atoms with Gasteiger partial charge in [-0.2, -0.15) is 8.78 Å². The SMILES string of the molecule is CC(CCCC(=O)O)NC(=O)c1ccccc1SC(F)F. The molecule has 0 bridgehead atoms. The second-order valence-corrected chi connectivity index (χ2v) is 5.57. The van der Waals surface area contributed by atoms with E-state index in [1.807, 2.05) is 0 Å². The number of carbonyl (C=O) groups is 2. The summed E-state index contributed by atoms with van der Waals surface area (Å²) >= 11 is 0.330. The summed E-state index contributed by atoms with van der Waals surface area (Å²) in [4.78, 5) is 22.7. The van der Waals surface area contributed by atoms with Crippen molar-refractivity contribution in [1.82, 2.24) is 5.32 Å². The maximum atomic E-state index is 12.4. The Morgan fingerprint density at radius 3 is 2.62 bits per heavy atom. The third kappa shape index (κ3) is 6.57. The summed E-state index contributed by atoms with van der Waals surface area (Å²) in [6.45, 7) is 1.75. The molecule has 1 unspecified atom stereocenters. The van der Waals surface area contributed by atoms with Gasteiger partial charge in [-0.25, -0.2) is 0 Å².